The van der Waals surface area contributed by atoms with Gasteiger partial charge in [-0.25, -0.2) is 24.3 Å². The van der Waals surface area contributed by atoms with Gasteiger partial charge < -0.3 is 19.6 Å². The van der Waals surface area contributed by atoms with E-state index in [0.29, 0.717) is 39.7 Å². The topological polar surface area (TPSA) is 93.7 Å². The molecule has 1 fully saturated rings. The smallest absolute Gasteiger partial charge is 0.223 e. The van der Waals surface area contributed by atoms with Crippen LogP contribution in [0.4, 0.5) is 10.3 Å². The molecule has 0 bridgehead atoms. The molecule has 0 saturated heterocycles. The Morgan fingerprint density at radius 3 is 2.67 bits per heavy atom. The number of imidazole rings is 2. The van der Waals surface area contributed by atoms with Gasteiger partial charge >= 0.3 is 0 Å². The number of aliphatic hydroxyl groups is 1. The van der Waals surface area contributed by atoms with Crippen molar-refractivity contribution in [1.29, 1.82) is 0 Å². The van der Waals surface area contributed by atoms with Crippen LogP contribution in [0.25, 0.3) is 33.7 Å². The Hall–Kier alpha value is -3.82. The molecule has 1 saturated carbocycles. The van der Waals surface area contributed by atoms with Gasteiger partial charge in [-0.2, -0.15) is 0 Å². The summed E-state index contributed by atoms with van der Waals surface area (Å²) in [6, 6.07) is 13.2. The van der Waals surface area contributed by atoms with Gasteiger partial charge in [0.25, 0.3) is 0 Å². The SMILES string of the molecule is Cc1nc2c(F)cc(-c3nc(N[C@H]4C[C@@H](Cn5ccnc5-c5ccccc5)CC4O)ncc3Cl)cc2n1C(C)C. The van der Waals surface area contributed by atoms with Gasteiger partial charge in [-0.3, -0.25) is 0 Å². The number of aromatic nitrogens is 6. The molecule has 3 atom stereocenters. The number of halogens is 2. The lowest BCUT2D eigenvalue weighted by molar-refractivity contribution is 0.166. The first-order valence-corrected chi connectivity index (χ1v) is 13.9. The Morgan fingerprint density at radius 1 is 1.10 bits per heavy atom. The molecule has 206 valence electrons. The van der Waals surface area contributed by atoms with Crippen LogP contribution in [0.5, 0.6) is 0 Å². The maximum Gasteiger partial charge on any atom is 0.223 e. The second-order valence-corrected chi connectivity index (χ2v) is 11.2. The number of benzene rings is 2. The zero-order chi connectivity index (χ0) is 28.0. The second kappa shape index (κ2) is 10.6. The summed E-state index contributed by atoms with van der Waals surface area (Å²) in [5.41, 5.74) is 3.04. The van der Waals surface area contributed by atoms with E-state index < -0.39 is 11.9 Å². The zero-order valence-electron chi connectivity index (χ0n) is 22.6. The lowest BCUT2D eigenvalue weighted by Gasteiger charge is -2.17. The van der Waals surface area contributed by atoms with Crippen molar-refractivity contribution < 1.29 is 9.50 Å². The van der Waals surface area contributed by atoms with Crippen molar-refractivity contribution in [3.8, 4) is 22.6 Å². The van der Waals surface area contributed by atoms with Crippen molar-refractivity contribution in [3.63, 3.8) is 0 Å². The highest BCUT2D eigenvalue weighted by atomic mass is 35.5. The summed E-state index contributed by atoms with van der Waals surface area (Å²) in [6.07, 6.45) is 6.12. The number of aliphatic hydroxyl groups excluding tert-OH is 1. The monoisotopic (exact) mass is 559 g/mol. The van der Waals surface area contributed by atoms with Crippen LogP contribution in [0.3, 0.4) is 0 Å². The van der Waals surface area contributed by atoms with Gasteiger partial charge in [0.05, 0.1) is 34.6 Å². The van der Waals surface area contributed by atoms with E-state index in [4.69, 9.17) is 11.6 Å². The third-order valence-electron chi connectivity index (χ3n) is 7.60. The van der Waals surface area contributed by atoms with E-state index in [0.717, 1.165) is 30.2 Å². The van der Waals surface area contributed by atoms with Crippen LogP contribution in [0, 0.1) is 18.7 Å². The van der Waals surface area contributed by atoms with Crippen LogP contribution in [0.1, 0.15) is 38.6 Å². The summed E-state index contributed by atoms with van der Waals surface area (Å²) in [6.45, 7) is 6.68. The Bertz CT molecular complexity index is 1670. The van der Waals surface area contributed by atoms with Gasteiger partial charge in [-0.15, -0.1) is 0 Å². The number of aryl methyl sites for hydroxylation is 1. The standard InChI is InChI=1S/C30H31ClFN7O/c1-17(2)39-18(3)35-28-23(32)13-21(14-25(28)39)27-22(31)15-34-30(37-27)36-24-11-19(12-26(24)40)16-38-10-9-33-29(38)20-7-5-4-6-8-20/h4-10,13-15,17,19,24,26,40H,11-12,16H2,1-3H3,(H,34,36,37)/t19-,24+,26?/m1/s1. The molecule has 6 rings (SSSR count). The van der Waals surface area contributed by atoms with Gasteiger partial charge in [0.1, 0.15) is 17.2 Å². The highest BCUT2D eigenvalue weighted by Gasteiger charge is 2.34. The molecule has 3 heterocycles. The minimum atomic E-state index is -0.561. The summed E-state index contributed by atoms with van der Waals surface area (Å²) in [5.74, 6) is 1.81. The largest absolute Gasteiger partial charge is 0.391 e. The molecule has 40 heavy (non-hydrogen) atoms. The predicted molar refractivity (Wildman–Crippen MR) is 155 cm³/mol. The quantitative estimate of drug-likeness (QED) is 0.243. The van der Waals surface area contributed by atoms with Crippen LogP contribution < -0.4 is 5.32 Å². The molecule has 3 aromatic heterocycles. The Labute approximate surface area is 236 Å². The molecule has 0 radical (unpaired) electrons. The molecular formula is C30H31ClFN7O. The van der Waals surface area contributed by atoms with Crippen LogP contribution in [0.15, 0.2) is 61.1 Å². The highest BCUT2D eigenvalue weighted by molar-refractivity contribution is 6.33. The number of hydrogen-bond donors (Lipinski definition) is 2. The van der Waals surface area contributed by atoms with E-state index in [9.17, 15) is 5.11 Å². The summed E-state index contributed by atoms with van der Waals surface area (Å²) in [5, 5.41) is 14.5. The molecular weight excluding hydrogens is 529 g/mol. The zero-order valence-corrected chi connectivity index (χ0v) is 23.3. The predicted octanol–water partition coefficient (Wildman–Crippen LogP) is 6.29. The number of rotatable bonds is 7. The minimum absolute atomic E-state index is 0.112. The Morgan fingerprint density at radius 2 is 1.90 bits per heavy atom. The van der Waals surface area contributed by atoms with Crippen molar-refractivity contribution >= 4 is 28.6 Å². The van der Waals surface area contributed by atoms with Crippen molar-refractivity contribution in [2.75, 3.05) is 5.32 Å². The summed E-state index contributed by atoms with van der Waals surface area (Å²) >= 11 is 6.50. The van der Waals surface area contributed by atoms with Crippen LogP contribution >= 0.6 is 11.6 Å². The molecule has 10 heteroatoms. The Balaban J connectivity index is 1.22. The van der Waals surface area contributed by atoms with Crippen LogP contribution in [-0.2, 0) is 6.54 Å². The first-order valence-electron chi connectivity index (χ1n) is 13.5. The third-order valence-corrected chi connectivity index (χ3v) is 7.88. The second-order valence-electron chi connectivity index (χ2n) is 10.8. The summed E-state index contributed by atoms with van der Waals surface area (Å²) in [4.78, 5) is 18.0. The molecule has 2 aromatic carbocycles. The fraction of sp³-hybridized carbons (Fsp3) is 0.333. The van der Waals surface area contributed by atoms with E-state index in [-0.39, 0.29) is 18.0 Å². The molecule has 1 unspecified atom stereocenters. The van der Waals surface area contributed by atoms with Crippen LogP contribution in [0.2, 0.25) is 5.02 Å². The fourth-order valence-electron chi connectivity index (χ4n) is 5.87. The molecule has 1 aliphatic carbocycles. The van der Waals surface area contributed by atoms with E-state index in [2.05, 4.69) is 29.8 Å². The maximum absolute atomic E-state index is 15.1. The highest BCUT2D eigenvalue weighted by Crippen LogP contribution is 2.34. The summed E-state index contributed by atoms with van der Waals surface area (Å²) in [7, 11) is 0. The molecule has 1 aliphatic rings. The number of nitrogens with one attached hydrogen (secondary N) is 1. The van der Waals surface area contributed by atoms with E-state index in [1.807, 2.05) is 74.1 Å². The fourth-order valence-corrected chi connectivity index (χ4v) is 6.07. The first kappa shape index (κ1) is 26.4. The van der Waals surface area contributed by atoms with E-state index in [1.165, 1.54) is 12.3 Å². The van der Waals surface area contributed by atoms with E-state index in [1.54, 1.807) is 0 Å². The third kappa shape index (κ3) is 4.95. The molecule has 8 nitrogen and oxygen atoms in total. The first-order chi connectivity index (χ1) is 19.3. The number of nitrogens with zero attached hydrogens (tertiary/aromatic N) is 6. The molecule has 2 N–H and O–H groups in total. The van der Waals surface area contributed by atoms with Crippen molar-refractivity contribution in [2.24, 2.45) is 5.92 Å². The molecule has 0 spiro atoms. The van der Waals surface area contributed by atoms with Crippen molar-refractivity contribution in [3.05, 3.63) is 77.7 Å². The lowest BCUT2D eigenvalue weighted by atomic mass is 10.1. The van der Waals surface area contributed by atoms with Gasteiger partial charge in [0.2, 0.25) is 5.95 Å². The van der Waals surface area contributed by atoms with Gasteiger partial charge in [-0.1, -0.05) is 41.9 Å². The average molecular weight is 560 g/mol. The van der Waals surface area contributed by atoms with Crippen molar-refractivity contribution in [2.45, 2.75) is 58.3 Å². The van der Waals surface area contributed by atoms with Crippen LogP contribution in [-0.4, -0.2) is 46.3 Å². The normalized spacial score (nSPS) is 19.1. The lowest BCUT2D eigenvalue weighted by Crippen LogP contribution is -2.29. The number of hydrogen-bond acceptors (Lipinski definition) is 6. The average Bonchev–Trinajstić information content (AvgIpc) is 3.62. The van der Waals surface area contributed by atoms with Gasteiger partial charge in [-0.05, 0) is 51.7 Å². The minimum Gasteiger partial charge on any atom is -0.391 e. The van der Waals surface area contributed by atoms with Gasteiger partial charge in [0, 0.05) is 36.1 Å². The maximum atomic E-state index is 15.1. The number of fused-ring (bicyclic) bond motifs is 1. The van der Waals surface area contributed by atoms with Gasteiger partial charge in [0.15, 0.2) is 5.82 Å². The molecule has 0 aliphatic heterocycles. The molecule has 5 aromatic rings. The Kier molecular flexibility index (Phi) is 7.02. The number of anilines is 1. The summed E-state index contributed by atoms with van der Waals surface area (Å²) < 4.78 is 19.3. The van der Waals surface area contributed by atoms with Crippen molar-refractivity contribution in [1.82, 2.24) is 29.1 Å². The molecule has 0 amide bonds. The van der Waals surface area contributed by atoms with E-state index >= 15 is 4.39 Å².